The Morgan fingerprint density at radius 1 is 0.800 bits per heavy atom. The van der Waals surface area contributed by atoms with Crippen molar-refractivity contribution < 1.29 is 59.1 Å². The van der Waals surface area contributed by atoms with Crippen molar-refractivity contribution in [3.05, 3.63) is 0 Å². The zero-order valence-electron chi connectivity index (χ0n) is 20.1. The van der Waals surface area contributed by atoms with Crippen LogP contribution in [0.2, 0.25) is 0 Å². The van der Waals surface area contributed by atoms with Gasteiger partial charge in [-0.05, 0) is 12.8 Å². The van der Waals surface area contributed by atoms with Crippen molar-refractivity contribution in [2.75, 3.05) is 26.9 Å². The zero-order valence-corrected chi connectivity index (χ0v) is 20.1. The maximum Gasteiger partial charge on any atom is 0.305 e. The number of carbonyl (C=O) groups excluding carboxylic acids is 1. The van der Waals surface area contributed by atoms with Crippen LogP contribution in [0.15, 0.2) is 0 Å². The molecule has 2 aliphatic rings. The first kappa shape index (κ1) is 30.3. The molecule has 35 heavy (non-hydrogen) atoms. The van der Waals surface area contributed by atoms with Crippen LogP contribution in [0.4, 0.5) is 0 Å². The third kappa shape index (κ3) is 8.54. The first-order valence-corrected chi connectivity index (χ1v) is 12.1. The van der Waals surface area contributed by atoms with Crippen LogP contribution >= 0.6 is 0 Å². The first-order valence-electron chi connectivity index (χ1n) is 12.1. The van der Waals surface area contributed by atoms with Crippen LogP contribution < -0.4 is 5.73 Å². The van der Waals surface area contributed by atoms with Gasteiger partial charge < -0.3 is 60.1 Å². The van der Waals surface area contributed by atoms with Crippen molar-refractivity contribution in [3.8, 4) is 0 Å². The van der Waals surface area contributed by atoms with Crippen LogP contribution in [0.1, 0.15) is 44.9 Å². The Morgan fingerprint density at radius 2 is 1.40 bits per heavy atom. The van der Waals surface area contributed by atoms with Crippen LogP contribution in [0.5, 0.6) is 0 Å². The van der Waals surface area contributed by atoms with Crippen molar-refractivity contribution >= 4 is 5.97 Å². The molecule has 0 radical (unpaired) electrons. The summed E-state index contributed by atoms with van der Waals surface area (Å²) < 4.78 is 27.0. The van der Waals surface area contributed by atoms with Gasteiger partial charge in [-0.25, -0.2) is 0 Å². The van der Waals surface area contributed by atoms with Gasteiger partial charge in [-0.2, -0.15) is 0 Å². The predicted molar refractivity (Wildman–Crippen MR) is 119 cm³/mol. The second kappa shape index (κ2) is 15.3. The van der Waals surface area contributed by atoms with Gasteiger partial charge in [0, 0.05) is 19.6 Å². The minimum atomic E-state index is -1.69. The first-order chi connectivity index (χ1) is 16.7. The monoisotopic (exact) mass is 511 g/mol. The Labute approximate surface area is 204 Å². The van der Waals surface area contributed by atoms with E-state index in [9.17, 15) is 35.4 Å². The molecule has 2 fully saturated rings. The van der Waals surface area contributed by atoms with E-state index in [1.807, 2.05) is 0 Å². The number of hydrogen-bond acceptors (Lipinski definition) is 13. The van der Waals surface area contributed by atoms with Crippen molar-refractivity contribution in [2.45, 2.75) is 106 Å². The van der Waals surface area contributed by atoms with Gasteiger partial charge in [-0.1, -0.05) is 25.7 Å². The van der Waals surface area contributed by atoms with Crippen LogP contribution in [0.25, 0.3) is 0 Å². The van der Waals surface area contributed by atoms with E-state index in [4.69, 9.17) is 24.7 Å². The lowest BCUT2D eigenvalue weighted by atomic mass is 9.97. The van der Waals surface area contributed by atoms with Gasteiger partial charge in [0.05, 0.1) is 13.7 Å². The predicted octanol–water partition coefficient (Wildman–Crippen LogP) is -2.50. The molecule has 2 rings (SSSR count). The maximum absolute atomic E-state index is 11.1. The number of unbranched alkanes of at least 4 members (excludes halogenated alkanes) is 5. The highest BCUT2D eigenvalue weighted by Crippen LogP contribution is 2.29. The summed E-state index contributed by atoms with van der Waals surface area (Å²) in [7, 11) is 1.37. The quantitative estimate of drug-likeness (QED) is 0.0950. The minimum absolute atomic E-state index is 0.0869. The molecule has 0 unspecified atom stereocenters. The van der Waals surface area contributed by atoms with Gasteiger partial charge in [-0.15, -0.1) is 0 Å². The van der Waals surface area contributed by atoms with Gasteiger partial charge in [0.1, 0.15) is 48.8 Å². The van der Waals surface area contributed by atoms with Crippen molar-refractivity contribution in [1.29, 1.82) is 0 Å². The van der Waals surface area contributed by atoms with E-state index in [0.29, 0.717) is 12.8 Å². The van der Waals surface area contributed by atoms with Crippen molar-refractivity contribution in [2.24, 2.45) is 5.73 Å². The van der Waals surface area contributed by atoms with Crippen LogP contribution in [-0.4, -0.2) is 125 Å². The Kier molecular flexibility index (Phi) is 13.2. The molecular formula is C22H41NO12. The van der Waals surface area contributed by atoms with E-state index in [1.165, 1.54) is 7.11 Å². The van der Waals surface area contributed by atoms with Gasteiger partial charge in [-0.3, -0.25) is 4.79 Å². The third-order valence-corrected chi connectivity index (χ3v) is 6.30. The number of carbonyl (C=O) groups is 1. The fourth-order valence-corrected chi connectivity index (χ4v) is 4.09. The lowest BCUT2D eigenvalue weighted by Gasteiger charge is -2.46. The molecule has 0 bridgehead atoms. The SMILES string of the molecule is COC(=O)CCCCCCCCO[C@H]1O[C@H](CN)[C@@H](O)[C@H](O)[C@H]1O[C@H]1O[C@H](CO)[C@@H](O)[C@H](O)[C@H]1O. The summed E-state index contributed by atoms with van der Waals surface area (Å²) in [6.07, 6.45) is -8.43. The average Bonchev–Trinajstić information content (AvgIpc) is 2.86. The topological polar surface area (TPSA) is 211 Å². The lowest BCUT2D eigenvalue weighted by Crippen LogP contribution is -2.65. The fraction of sp³-hybridized carbons (Fsp3) is 0.955. The number of ether oxygens (including phenoxy) is 5. The van der Waals surface area contributed by atoms with E-state index >= 15 is 0 Å². The molecule has 0 saturated carbocycles. The number of esters is 1. The maximum atomic E-state index is 11.1. The highest BCUT2D eigenvalue weighted by Gasteiger charge is 2.50. The minimum Gasteiger partial charge on any atom is -0.469 e. The smallest absolute Gasteiger partial charge is 0.305 e. The largest absolute Gasteiger partial charge is 0.469 e. The molecule has 0 aromatic heterocycles. The van der Waals surface area contributed by atoms with E-state index in [2.05, 4.69) is 4.74 Å². The molecule has 2 saturated heterocycles. The average molecular weight is 512 g/mol. The fourth-order valence-electron chi connectivity index (χ4n) is 4.09. The Bertz CT molecular complexity index is 611. The third-order valence-electron chi connectivity index (χ3n) is 6.30. The highest BCUT2D eigenvalue weighted by atomic mass is 16.8. The second-order valence-electron chi connectivity index (χ2n) is 8.88. The molecule has 206 valence electrons. The molecule has 10 atom stereocenters. The summed E-state index contributed by atoms with van der Waals surface area (Å²) in [5.74, 6) is -0.213. The molecule has 2 heterocycles. The van der Waals surface area contributed by atoms with Crippen LogP contribution in [0.3, 0.4) is 0 Å². The van der Waals surface area contributed by atoms with E-state index in [-0.39, 0.29) is 19.1 Å². The van der Waals surface area contributed by atoms with E-state index in [0.717, 1.165) is 32.1 Å². The molecule has 8 N–H and O–H groups in total. The number of hydrogen-bond donors (Lipinski definition) is 7. The number of nitrogens with two attached hydrogens (primary N) is 1. The number of aliphatic hydroxyl groups excluding tert-OH is 6. The summed E-state index contributed by atoms with van der Waals surface area (Å²) in [6.45, 7) is -0.479. The molecule has 0 aromatic carbocycles. The number of methoxy groups -OCH3 is 1. The summed E-state index contributed by atoms with van der Waals surface area (Å²) in [5.41, 5.74) is 5.63. The van der Waals surface area contributed by atoms with Gasteiger partial charge >= 0.3 is 5.97 Å². The van der Waals surface area contributed by atoms with Gasteiger partial charge in [0.25, 0.3) is 0 Å². The Morgan fingerprint density at radius 3 is 2.03 bits per heavy atom. The van der Waals surface area contributed by atoms with Crippen molar-refractivity contribution in [1.82, 2.24) is 0 Å². The Balaban J connectivity index is 1.86. The van der Waals surface area contributed by atoms with Crippen LogP contribution in [-0.2, 0) is 28.5 Å². The van der Waals surface area contributed by atoms with Crippen LogP contribution in [0, 0.1) is 0 Å². The molecule has 13 nitrogen and oxygen atoms in total. The van der Waals surface area contributed by atoms with E-state index in [1.54, 1.807) is 0 Å². The van der Waals surface area contributed by atoms with Crippen molar-refractivity contribution in [3.63, 3.8) is 0 Å². The highest BCUT2D eigenvalue weighted by molar-refractivity contribution is 5.68. The summed E-state index contributed by atoms with van der Waals surface area (Å²) in [4.78, 5) is 11.1. The number of aliphatic hydroxyl groups is 6. The molecule has 0 aromatic rings. The number of rotatable bonds is 14. The lowest BCUT2D eigenvalue weighted by molar-refractivity contribution is -0.365. The van der Waals surface area contributed by atoms with Gasteiger partial charge in [0.2, 0.25) is 0 Å². The summed E-state index contributed by atoms with van der Waals surface area (Å²) in [6, 6.07) is 0. The summed E-state index contributed by atoms with van der Waals surface area (Å²) >= 11 is 0. The molecule has 0 amide bonds. The standard InChI is InChI=1S/C22H41NO12/c1-31-14(25)8-6-4-2-3-5-7-9-32-22-20(18(29)15(26)12(10-23)33-22)35-21-19(30)17(28)16(27)13(11-24)34-21/h12-13,15-22,24,26-30H,2-11,23H2,1H3/t12-,13-,15-,16-,17+,18+,19-,20-,21-,22+/m1/s1. The second-order valence-corrected chi connectivity index (χ2v) is 8.88. The molecule has 0 aliphatic carbocycles. The molecule has 13 heteroatoms. The molecule has 2 aliphatic heterocycles. The molecular weight excluding hydrogens is 470 g/mol. The zero-order chi connectivity index (χ0) is 26.0. The normalized spacial score (nSPS) is 37.8. The molecule has 0 spiro atoms. The summed E-state index contributed by atoms with van der Waals surface area (Å²) in [5, 5.41) is 60.5. The Hall–Kier alpha value is -0.970. The van der Waals surface area contributed by atoms with Gasteiger partial charge in [0.15, 0.2) is 12.6 Å². The van der Waals surface area contributed by atoms with E-state index < -0.39 is 68.0 Å².